The molecule has 9 rings (SSSR count). The Balaban J connectivity index is 1.25. The maximum atomic E-state index is 3.99. The molecule has 0 radical (unpaired) electrons. The Kier molecular flexibility index (Phi) is 5.41. The van der Waals surface area contributed by atoms with Gasteiger partial charge in [-0.25, -0.2) is 0 Å². The van der Waals surface area contributed by atoms with E-state index in [4.69, 9.17) is 0 Å². The van der Waals surface area contributed by atoms with Gasteiger partial charge in [-0.15, -0.1) is 0 Å². The quantitative estimate of drug-likeness (QED) is 0.273. The van der Waals surface area contributed by atoms with Crippen molar-refractivity contribution in [1.82, 2.24) is 0 Å². The van der Waals surface area contributed by atoms with Gasteiger partial charge < -0.3 is 0 Å². The van der Waals surface area contributed by atoms with E-state index in [1.165, 1.54) is 107 Å². The summed E-state index contributed by atoms with van der Waals surface area (Å²) in [6, 6.07) is 7.62. The van der Waals surface area contributed by atoms with Gasteiger partial charge in [0.05, 0.1) is 0 Å². The highest BCUT2D eigenvalue weighted by Crippen LogP contribution is 2.74. The molecule has 0 heterocycles. The predicted octanol–water partition coefficient (Wildman–Crippen LogP) is 10.6. The zero-order valence-electron chi connectivity index (χ0n) is 23.2. The lowest BCUT2D eigenvalue weighted by atomic mass is 9.53. The summed E-state index contributed by atoms with van der Waals surface area (Å²) in [4.78, 5) is 0. The van der Waals surface area contributed by atoms with Gasteiger partial charge in [0.1, 0.15) is 0 Å². The number of fused-ring (bicyclic) bond motifs is 14. The lowest BCUT2D eigenvalue weighted by Gasteiger charge is -2.51. The molecule has 0 bridgehead atoms. The van der Waals surface area contributed by atoms with Gasteiger partial charge in [0.15, 0.2) is 0 Å². The molecule has 8 aliphatic carbocycles. The van der Waals surface area contributed by atoms with Gasteiger partial charge >= 0.3 is 0 Å². The van der Waals surface area contributed by atoms with Crippen LogP contribution in [0.25, 0.3) is 0 Å². The molecule has 1 aromatic rings. The second-order valence-corrected chi connectivity index (χ2v) is 15.7. The molecule has 9 atom stereocenters. The van der Waals surface area contributed by atoms with Crippen molar-refractivity contribution in [3.05, 3.63) is 68.2 Å². The van der Waals surface area contributed by atoms with E-state index in [1.807, 2.05) is 27.9 Å². The van der Waals surface area contributed by atoms with Crippen molar-refractivity contribution in [1.29, 1.82) is 0 Å². The van der Waals surface area contributed by atoms with Crippen LogP contribution in [0.5, 0.6) is 0 Å². The minimum atomic E-state index is 0.452. The number of rotatable bonds is 0. The molecule has 200 valence electrons. The van der Waals surface area contributed by atoms with Gasteiger partial charge in [0.25, 0.3) is 0 Å². The van der Waals surface area contributed by atoms with Crippen LogP contribution in [0.3, 0.4) is 0 Å². The summed E-state index contributed by atoms with van der Waals surface area (Å²) in [5, 5.41) is 0. The topological polar surface area (TPSA) is 0 Å². The molecule has 1 spiro atoms. The van der Waals surface area contributed by atoms with Crippen LogP contribution in [0, 0.1) is 41.4 Å². The maximum Gasteiger partial charge on any atom is 0.0178 e. The highest BCUT2D eigenvalue weighted by atomic mass is 79.9. The van der Waals surface area contributed by atoms with Crippen LogP contribution in [0.1, 0.15) is 120 Å². The van der Waals surface area contributed by atoms with Gasteiger partial charge in [0, 0.05) is 15.8 Å². The van der Waals surface area contributed by atoms with Crippen LogP contribution in [0.2, 0.25) is 0 Å². The van der Waals surface area contributed by atoms with Crippen molar-refractivity contribution in [3.63, 3.8) is 0 Å². The average Bonchev–Trinajstić information content (AvgIpc) is 3.43. The van der Waals surface area contributed by atoms with Crippen LogP contribution in [-0.2, 0) is 5.41 Å². The maximum absolute atomic E-state index is 3.99. The third-order valence-electron chi connectivity index (χ3n) is 13.8. The smallest absolute Gasteiger partial charge is 0.0178 e. The standard InChI is InChI=1S/C37H45Br/c38-22-17-18-29-27-13-5-7-15-33(27)37(35(29)19-22)34-16-8-6-14-28(34)32-20-30-25-11-3-1-9-23(25)24-10-2-4-12-26(24)31(30)21-36(32)37/h3,11,17-19,23,25,27-28,32-34,36H,1-2,4-10,12-16,20-21H2. The van der Waals surface area contributed by atoms with Crippen molar-refractivity contribution in [2.24, 2.45) is 41.4 Å². The van der Waals surface area contributed by atoms with Crippen LogP contribution in [0.15, 0.2) is 57.1 Å². The minimum absolute atomic E-state index is 0.452. The van der Waals surface area contributed by atoms with E-state index < -0.39 is 0 Å². The summed E-state index contributed by atoms with van der Waals surface area (Å²) in [7, 11) is 0. The molecule has 0 aromatic heterocycles. The van der Waals surface area contributed by atoms with E-state index in [2.05, 4.69) is 46.3 Å². The van der Waals surface area contributed by atoms with E-state index in [0.717, 1.165) is 47.3 Å². The third-order valence-corrected chi connectivity index (χ3v) is 14.3. The lowest BCUT2D eigenvalue weighted by Crippen LogP contribution is -2.46. The second kappa shape index (κ2) is 8.71. The first-order valence-electron chi connectivity index (χ1n) is 16.7. The molecule has 38 heavy (non-hydrogen) atoms. The summed E-state index contributed by atoms with van der Waals surface area (Å²) in [5.74, 6) is 7.09. The van der Waals surface area contributed by atoms with Crippen molar-refractivity contribution < 1.29 is 0 Å². The first kappa shape index (κ1) is 23.6. The van der Waals surface area contributed by atoms with Crippen LogP contribution >= 0.6 is 15.9 Å². The molecule has 1 heteroatoms. The van der Waals surface area contributed by atoms with E-state index in [-0.39, 0.29) is 0 Å². The Hall–Kier alpha value is -1.08. The Morgan fingerprint density at radius 2 is 1.53 bits per heavy atom. The SMILES string of the molecule is Brc1ccc2c(c1)C1(C3CCCCC23)C2CCCCC2C2CC3=C(CC21)C1=C(CCCC1)C1CCC=CC31. The summed E-state index contributed by atoms with van der Waals surface area (Å²) in [5.41, 5.74) is 11.8. The van der Waals surface area contributed by atoms with Gasteiger partial charge in [-0.2, -0.15) is 0 Å². The number of halogens is 1. The fourth-order valence-corrected chi connectivity index (χ4v) is 13.3. The van der Waals surface area contributed by atoms with Crippen molar-refractivity contribution >= 4 is 15.9 Å². The summed E-state index contributed by atoms with van der Waals surface area (Å²) in [6.07, 6.45) is 28.5. The zero-order valence-corrected chi connectivity index (χ0v) is 24.8. The van der Waals surface area contributed by atoms with Gasteiger partial charge in [0.2, 0.25) is 0 Å². The first-order chi connectivity index (χ1) is 18.8. The van der Waals surface area contributed by atoms with Crippen LogP contribution < -0.4 is 0 Å². The van der Waals surface area contributed by atoms with Crippen molar-refractivity contribution in [3.8, 4) is 0 Å². The zero-order chi connectivity index (χ0) is 25.0. The highest BCUT2D eigenvalue weighted by Gasteiger charge is 2.68. The normalized spacial score (nSPS) is 44.7. The third kappa shape index (κ3) is 2.99. The number of benzene rings is 1. The van der Waals surface area contributed by atoms with E-state index in [9.17, 15) is 0 Å². The molecular formula is C37H45Br. The molecule has 0 aliphatic heterocycles. The number of hydrogen-bond acceptors (Lipinski definition) is 0. The second-order valence-electron chi connectivity index (χ2n) is 14.7. The Labute approximate surface area is 238 Å². The molecule has 1 aromatic carbocycles. The van der Waals surface area contributed by atoms with Gasteiger partial charge in [-0.05, 0) is 153 Å². The number of hydrogen-bond donors (Lipinski definition) is 0. The Morgan fingerprint density at radius 3 is 2.47 bits per heavy atom. The molecule has 0 amide bonds. The van der Waals surface area contributed by atoms with Gasteiger partial charge in [-0.3, -0.25) is 0 Å². The largest absolute Gasteiger partial charge is 0.0879 e. The van der Waals surface area contributed by atoms with Crippen LogP contribution in [0.4, 0.5) is 0 Å². The van der Waals surface area contributed by atoms with Crippen LogP contribution in [-0.4, -0.2) is 0 Å². The monoisotopic (exact) mass is 568 g/mol. The average molecular weight is 570 g/mol. The Bertz CT molecular complexity index is 1260. The molecular weight excluding hydrogens is 524 g/mol. The lowest BCUT2D eigenvalue weighted by molar-refractivity contribution is 0.0847. The van der Waals surface area contributed by atoms with E-state index in [0.29, 0.717) is 5.41 Å². The number of allylic oxidation sites excluding steroid dienone is 6. The first-order valence-corrected chi connectivity index (χ1v) is 17.5. The molecule has 0 N–H and O–H groups in total. The highest BCUT2D eigenvalue weighted by molar-refractivity contribution is 9.10. The predicted molar refractivity (Wildman–Crippen MR) is 160 cm³/mol. The van der Waals surface area contributed by atoms with Crippen molar-refractivity contribution in [2.75, 3.05) is 0 Å². The van der Waals surface area contributed by atoms with Gasteiger partial charge in [-0.1, -0.05) is 71.0 Å². The minimum Gasteiger partial charge on any atom is -0.0879 e. The van der Waals surface area contributed by atoms with Crippen molar-refractivity contribution in [2.45, 2.75) is 114 Å². The fourth-order valence-electron chi connectivity index (χ4n) is 12.9. The van der Waals surface area contributed by atoms with E-state index in [1.54, 1.807) is 5.56 Å². The summed E-state index contributed by atoms with van der Waals surface area (Å²) >= 11 is 3.99. The molecule has 3 saturated carbocycles. The molecule has 0 saturated heterocycles. The molecule has 3 fully saturated rings. The summed E-state index contributed by atoms with van der Waals surface area (Å²) < 4.78 is 1.34. The fraction of sp³-hybridized carbons (Fsp3) is 0.676. The molecule has 9 unspecified atom stereocenters. The Morgan fingerprint density at radius 1 is 0.684 bits per heavy atom. The van der Waals surface area contributed by atoms with E-state index >= 15 is 0 Å². The summed E-state index contributed by atoms with van der Waals surface area (Å²) in [6.45, 7) is 0. The molecule has 8 aliphatic rings. The molecule has 0 nitrogen and oxygen atoms in total.